The van der Waals surface area contributed by atoms with Gasteiger partial charge in [-0.1, -0.05) is 0 Å². The Morgan fingerprint density at radius 1 is 0.727 bits per heavy atom. The summed E-state index contributed by atoms with van der Waals surface area (Å²) in [6, 6.07) is -4.76. The molecular formula is C20H32N8O14S2. The number of carboxylic acids is 4. The first kappa shape index (κ1) is 41.6. The molecule has 24 heteroatoms. The number of carboxylic acid groups (broad SMARTS) is 4. The van der Waals surface area contributed by atoms with E-state index in [-0.39, 0.29) is 37.2 Å². The summed E-state index contributed by atoms with van der Waals surface area (Å²) in [7, 11) is 0. The van der Waals surface area contributed by atoms with Crippen molar-refractivity contribution < 1.29 is 58.8 Å². The summed E-state index contributed by atoms with van der Waals surface area (Å²) in [5, 5.41) is 45.1. The molecule has 4 amide bonds. The zero-order chi connectivity index (χ0) is 34.2. The zero-order valence-corrected chi connectivity index (χ0v) is 24.4. The maximum Gasteiger partial charge on any atom is 0.327 e. The van der Waals surface area contributed by atoms with E-state index in [0.717, 1.165) is 0 Å². The molecule has 0 aromatic carbocycles. The van der Waals surface area contributed by atoms with Crippen LogP contribution in [-0.2, 0) is 38.4 Å². The minimum Gasteiger partial charge on any atom is -0.480 e. The molecule has 22 nitrogen and oxygen atoms in total. The summed E-state index contributed by atoms with van der Waals surface area (Å²) in [6.07, 6.45) is -0.877. The van der Waals surface area contributed by atoms with E-state index >= 15 is 0 Å². The Kier molecular flexibility index (Phi) is 22.6. The Balaban J connectivity index is 0. The molecule has 0 heterocycles. The van der Waals surface area contributed by atoms with Gasteiger partial charge in [-0.2, -0.15) is 12.6 Å². The van der Waals surface area contributed by atoms with Crippen LogP contribution in [0, 0.1) is 9.81 Å². The van der Waals surface area contributed by atoms with E-state index in [1.54, 1.807) is 5.43 Å². The van der Waals surface area contributed by atoms with Crippen LogP contribution in [0.3, 0.4) is 0 Å². The van der Waals surface area contributed by atoms with E-state index in [1.165, 1.54) is 0 Å². The van der Waals surface area contributed by atoms with Gasteiger partial charge in [-0.3, -0.25) is 39.0 Å². The summed E-state index contributed by atoms with van der Waals surface area (Å²) < 4.78 is 2.48. The van der Waals surface area contributed by atoms with Gasteiger partial charge in [-0.15, -0.1) is 9.81 Å². The normalized spacial score (nSPS) is 12.7. The highest BCUT2D eigenvalue weighted by molar-refractivity contribution is 7.97. The smallest absolute Gasteiger partial charge is 0.327 e. The maximum absolute atomic E-state index is 11.7. The molecule has 0 unspecified atom stereocenters. The van der Waals surface area contributed by atoms with Crippen LogP contribution in [0.5, 0.6) is 0 Å². The zero-order valence-electron chi connectivity index (χ0n) is 22.7. The summed E-state index contributed by atoms with van der Waals surface area (Å²) in [4.78, 5) is 108. The van der Waals surface area contributed by atoms with Crippen LogP contribution in [0.15, 0.2) is 9.87 Å². The summed E-state index contributed by atoms with van der Waals surface area (Å²) in [6.45, 7) is -1.25. The maximum atomic E-state index is 11.7. The summed E-state index contributed by atoms with van der Waals surface area (Å²) in [5.41, 5.74) is 7.02. The average molecular weight is 673 g/mol. The third-order valence-electron chi connectivity index (χ3n) is 4.77. The van der Waals surface area contributed by atoms with E-state index in [0.29, 0.717) is 11.9 Å². The molecule has 0 aromatic heterocycles. The lowest BCUT2D eigenvalue weighted by molar-refractivity contribution is -0.140. The van der Waals surface area contributed by atoms with Crippen LogP contribution in [0.25, 0.3) is 0 Å². The van der Waals surface area contributed by atoms with Gasteiger partial charge >= 0.3 is 23.9 Å². The Morgan fingerprint density at radius 2 is 1.20 bits per heavy atom. The molecule has 0 spiro atoms. The molecule has 0 radical (unpaired) electrons. The SMILES string of the molecule is N[C@@H](CCC(=O)N[C@@H](CSN=O)C(=O)NCC(=O)O)C(=O)O.O=NN[C@@H](CCC(=O)N[C@@H](CS)C(=O)NCC(=O)O)C(=O)O. The van der Waals surface area contributed by atoms with Crippen LogP contribution in [0.2, 0.25) is 0 Å². The van der Waals surface area contributed by atoms with Gasteiger partial charge in [0.2, 0.25) is 23.6 Å². The van der Waals surface area contributed by atoms with Crippen molar-refractivity contribution in [1.82, 2.24) is 26.7 Å². The number of nitrogens with two attached hydrogens (primary N) is 1. The van der Waals surface area contributed by atoms with Gasteiger partial charge in [0.25, 0.3) is 0 Å². The minimum absolute atomic E-state index is 0.0757. The topological polar surface area (TPSA) is 363 Å². The highest BCUT2D eigenvalue weighted by Gasteiger charge is 2.24. The summed E-state index contributed by atoms with van der Waals surface area (Å²) >= 11 is 4.34. The first-order valence-corrected chi connectivity index (χ1v) is 13.6. The molecule has 4 atom stereocenters. The van der Waals surface area contributed by atoms with Crippen LogP contribution >= 0.6 is 24.6 Å². The van der Waals surface area contributed by atoms with E-state index in [2.05, 4.69) is 43.8 Å². The number of nitrogens with one attached hydrogen (secondary N) is 5. The molecule has 0 aliphatic rings. The largest absolute Gasteiger partial charge is 0.480 e. The van der Waals surface area contributed by atoms with Gasteiger partial charge in [-0.05, 0) is 12.8 Å². The fraction of sp³-hybridized carbons (Fsp3) is 0.600. The van der Waals surface area contributed by atoms with E-state index < -0.39 is 84.8 Å². The first-order valence-electron chi connectivity index (χ1n) is 12.0. The lowest BCUT2D eigenvalue weighted by Crippen LogP contribution is -2.49. The highest BCUT2D eigenvalue weighted by atomic mass is 32.2. The predicted octanol–water partition coefficient (Wildman–Crippen LogP) is -3.62. The molecule has 0 aliphatic heterocycles. The standard InChI is InChI=1S/2C10H16N4O7S/c11-5(10(19)20)1-2-7(15)13-6(4-22-14-21)9(18)12-3-8(16)17;15-7(2-1-5(10(19)20)13-14-21)12-6(4-22)9(18)11-3-8(16)17/h5-6H,1-4,11H2,(H,12,18)(H,13,15)(H,16,17)(H,19,20);5-6,22H,1-4H2,(H,11,18)(H,12,15)(H,13,21)(H,16,17)(H,19,20)/t2*5-,6-/m00/s1. The molecule has 0 rings (SSSR count). The molecule has 248 valence electrons. The van der Waals surface area contributed by atoms with Gasteiger partial charge in [0.05, 0.1) is 5.29 Å². The van der Waals surface area contributed by atoms with Crippen molar-refractivity contribution in [2.24, 2.45) is 15.6 Å². The molecule has 0 bridgehead atoms. The number of thiol groups is 1. The second kappa shape index (κ2) is 23.9. The van der Waals surface area contributed by atoms with Crippen molar-refractivity contribution >= 4 is 72.1 Å². The second-order valence-corrected chi connectivity index (χ2v) is 9.26. The molecular weight excluding hydrogens is 640 g/mol. The van der Waals surface area contributed by atoms with Gasteiger partial charge in [0.15, 0.2) is 0 Å². The number of carbonyl (C=O) groups excluding carboxylic acids is 4. The molecule has 0 aromatic rings. The molecule has 0 fully saturated rings. The molecule has 0 saturated carbocycles. The van der Waals surface area contributed by atoms with Crippen molar-refractivity contribution in [3.05, 3.63) is 9.81 Å². The van der Waals surface area contributed by atoms with Crippen molar-refractivity contribution in [1.29, 1.82) is 0 Å². The van der Waals surface area contributed by atoms with Crippen molar-refractivity contribution in [2.45, 2.75) is 49.9 Å². The van der Waals surface area contributed by atoms with Crippen LogP contribution in [0.4, 0.5) is 0 Å². The molecule has 0 aliphatic carbocycles. The van der Waals surface area contributed by atoms with Gasteiger partial charge in [0, 0.05) is 40.9 Å². The molecule has 44 heavy (non-hydrogen) atoms. The number of carbonyl (C=O) groups is 8. The number of rotatable bonds is 22. The van der Waals surface area contributed by atoms with Crippen LogP contribution in [-0.4, -0.2) is 117 Å². The van der Waals surface area contributed by atoms with Gasteiger partial charge < -0.3 is 47.4 Å². The second-order valence-electron chi connectivity index (χ2n) is 8.15. The number of nitroso groups, excluding NO2 is 2. The first-order chi connectivity index (χ1) is 20.6. The third-order valence-corrected chi connectivity index (χ3v) is 5.73. The Labute approximate surface area is 257 Å². The lowest BCUT2D eigenvalue weighted by Gasteiger charge is -2.16. The van der Waals surface area contributed by atoms with E-state index in [9.17, 15) is 48.2 Å². The number of amides is 4. The van der Waals surface area contributed by atoms with E-state index in [4.69, 9.17) is 26.2 Å². The number of aliphatic carboxylic acids is 4. The number of hydrogen-bond acceptors (Lipinski definition) is 15. The van der Waals surface area contributed by atoms with Gasteiger partial charge in [0.1, 0.15) is 37.3 Å². The fourth-order valence-electron chi connectivity index (χ4n) is 2.58. The fourth-order valence-corrected chi connectivity index (χ4v) is 3.28. The quantitative estimate of drug-likeness (QED) is 0.0229. The summed E-state index contributed by atoms with van der Waals surface area (Å²) in [5.74, 6) is -8.22. The van der Waals surface area contributed by atoms with E-state index in [1.807, 2.05) is 0 Å². The average Bonchev–Trinajstić information content (AvgIpc) is 2.96. The Hall–Kier alpha value is -4.58. The third kappa shape index (κ3) is 21.2. The number of hydrogen-bond donors (Lipinski definition) is 11. The molecule has 11 N–H and O–H groups in total. The Morgan fingerprint density at radius 3 is 1.61 bits per heavy atom. The van der Waals surface area contributed by atoms with Crippen molar-refractivity contribution in [3.63, 3.8) is 0 Å². The van der Waals surface area contributed by atoms with Crippen LogP contribution in [0.1, 0.15) is 25.7 Å². The number of nitrogens with zero attached hydrogens (tertiary/aromatic N) is 2. The predicted molar refractivity (Wildman–Crippen MR) is 152 cm³/mol. The monoisotopic (exact) mass is 672 g/mol. The highest BCUT2D eigenvalue weighted by Crippen LogP contribution is 2.05. The van der Waals surface area contributed by atoms with Crippen LogP contribution < -0.4 is 32.4 Å². The van der Waals surface area contributed by atoms with Crippen molar-refractivity contribution in [3.8, 4) is 0 Å². The molecule has 0 saturated heterocycles. The van der Waals surface area contributed by atoms with Crippen molar-refractivity contribution in [2.75, 3.05) is 24.6 Å². The minimum atomic E-state index is -1.35. The van der Waals surface area contributed by atoms with Gasteiger partial charge in [-0.25, -0.2) is 4.79 Å². The Bertz CT molecular complexity index is 1050. The lowest BCUT2D eigenvalue weighted by atomic mass is 10.1.